The predicted molar refractivity (Wildman–Crippen MR) is 58.4 cm³/mol. The van der Waals surface area contributed by atoms with E-state index in [1.807, 2.05) is 6.92 Å². The van der Waals surface area contributed by atoms with Gasteiger partial charge in [0, 0.05) is 5.56 Å². The Balaban J connectivity index is 2.63. The molecule has 1 unspecified atom stereocenters. The van der Waals surface area contributed by atoms with Crippen molar-refractivity contribution in [2.75, 3.05) is 7.11 Å². The Labute approximate surface area is 94.0 Å². The van der Waals surface area contributed by atoms with Gasteiger partial charge in [-0.2, -0.15) is 0 Å². The van der Waals surface area contributed by atoms with Crippen molar-refractivity contribution in [3.8, 4) is 5.75 Å². The molecule has 1 heterocycles. The summed E-state index contributed by atoms with van der Waals surface area (Å²) in [4.78, 5) is 4.34. The molecule has 1 aromatic heterocycles. The second kappa shape index (κ2) is 3.99. The van der Waals surface area contributed by atoms with Gasteiger partial charge in [-0.3, -0.25) is 4.98 Å². The smallest absolute Gasteiger partial charge is 0.144 e. The first kappa shape index (κ1) is 10.7. The van der Waals surface area contributed by atoms with E-state index >= 15 is 0 Å². The molecule has 0 fully saturated rings. The molecule has 82 valence electrons. The van der Waals surface area contributed by atoms with Gasteiger partial charge in [-0.1, -0.05) is 11.6 Å². The molecule has 3 nitrogen and oxygen atoms in total. The Kier molecular flexibility index (Phi) is 2.85. The Bertz CT molecular complexity index is 393. The van der Waals surface area contributed by atoms with Crippen LogP contribution in [0.5, 0.6) is 5.75 Å². The Morgan fingerprint density at radius 2 is 2.27 bits per heavy atom. The Hall–Kier alpha value is -0.800. The summed E-state index contributed by atoms with van der Waals surface area (Å²) >= 11 is 6.11. The van der Waals surface area contributed by atoms with Gasteiger partial charge in [-0.15, -0.1) is 0 Å². The third kappa shape index (κ3) is 1.70. The molecule has 0 saturated heterocycles. The van der Waals surface area contributed by atoms with E-state index in [1.165, 1.54) is 0 Å². The molecule has 0 bridgehead atoms. The quantitative estimate of drug-likeness (QED) is 0.801. The molecule has 0 spiro atoms. The van der Waals surface area contributed by atoms with Gasteiger partial charge < -0.3 is 9.84 Å². The number of aryl methyl sites for hydroxylation is 1. The van der Waals surface area contributed by atoms with Crippen LogP contribution in [0.15, 0.2) is 0 Å². The molecule has 1 atom stereocenters. The van der Waals surface area contributed by atoms with Crippen LogP contribution in [0.3, 0.4) is 0 Å². The molecule has 2 rings (SSSR count). The van der Waals surface area contributed by atoms with Crippen molar-refractivity contribution in [2.45, 2.75) is 32.3 Å². The second-order valence-electron chi connectivity index (χ2n) is 3.82. The summed E-state index contributed by atoms with van der Waals surface area (Å²) in [6, 6.07) is 0. The second-order valence-corrected chi connectivity index (χ2v) is 4.19. The monoisotopic (exact) mass is 227 g/mol. The molecular weight excluding hydrogens is 214 g/mol. The van der Waals surface area contributed by atoms with Crippen molar-refractivity contribution in [3.05, 3.63) is 22.0 Å². The number of pyridine rings is 1. The van der Waals surface area contributed by atoms with Crippen molar-refractivity contribution in [1.82, 2.24) is 4.98 Å². The van der Waals surface area contributed by atoms with Crippen molar-refractivity contribution < 1.29 is 9.84 Å². The molecule has 1 N–H and O–H groups in total. The molecule has 4 heteroatoms. The highest BCUT2D eigenvalue weighted by molar-refractivity contribution is 6.32. The van der Waals surface area contributed by atoms with Crippen LogP contribution in [-0.4, -0.2) is 17.2 Å². The average molecular weight is 228 g/mol. The fourth-order valence-corrected chi connectivity index (χ4v) is 2.28. The maximum Gasteiger partial charge on any atom is 0.144 e. The minimum atomic E-state index is -0.474. The van der Waals surface area contributed by atoms with Crippen LogP contribution in [0.2, 0.25) is 5.02 Å². The lowest BCUT2D eigenvalue weighted by atomic mass is 9.92. The summed E-state index contributed by atoms with van der Waals surface area (Å²) in [6.45, 7) is 1.83. The molecule has 0 aliphatic heterocycles. The van der Waals surface area contributed by atoms with Crippen molar-refractivity contribution in [3.63, 3.8) is 0 Å². The zero-order valence-corrected chi connectivity index (χ0v) is 9.64. The lowest BCUT2D eigenvalue weighted by Gasteiger charge is -2.23. The summed E-state index contributed by atoms with van der Waals surface area (Å²) in [6.07, 6.45) is 2.12. The minimum Gasteiger partial charge on any atom is -0.495 e. The number of hydrogen-bond acceptors (Lipinski definition) is 3. The maximum absolute atomic E-state index is 9.84. The molecular formula is C11H14ClNO2. The van der Waals surface area contributed by atoms with E-state index in [9.17, 15) is 5.11 Å². The van der Waals surface area contributed by atoms with E-state index in [-0.39, 0.29) is 0 Å². The number of hydrogen-bond donors (Lipinski definition) is 1. The Morgan fingerprint density at radius 3 is 2.93 bits per heavy atom. The molecule has 1 aliphatic rings. The number of aromatic nitrogens is 1. The summed E-state index contributed by atoms with van der Waals surface area (Å²) in [5, 5.41) is 10.4. The molecule has 15 heavy (non-hydrogen) atoms. The number of halogens is 1. The van der Waals surface area contributed by atoms with Gasteiger partial charge in [-0.25, -0.2) is 0 Å². The molecule has 1 aliphatic carbocycles. The van der Waals surface area contributed by atoms with Gasteiger partial charge in [0.05, 0.1) is 24.6 Å². The molecule has 1 aromatic rings. The van der Waals surface area contributed by atoms with Gasteiger partial charge >= 0.3 is 0 Å². The normalized spacial score (nSPS) is 19.9. The highest BCUT2D eigenvalue weighted by Gasteiger charge is 2.25. The lowest BCUT2D eigenvalue weighted by Crippen LogP contribution is -2.14. The topological polar surface area (TPSA) is 42.4 Å². The van der Waals surface area contributed by atoms with E-state index in [0.717, 1.165) is 30.5 Å². The number of methoxy groups -OCH3 is 1. The van der Waals surface area contributed by atoms with E-state index in [2.05, 4.69) is 4.98 Å². The van der Waals surface area contributed by atoms with E-state index in [0.29, 0.717) is 16.5 Å². The molecule has 0 aromatic carbocycles. The van der Waals surface area contributed by atoms with Gasteiger partial charge in [0.15, 0.2) is 0 Å². The van der Waals surface area contributed by atoms with E-state index in [4.69, 9.17) is 16.3 Å². The summed E-state index contributed by atoms with van der Waals surface area (Å²) < 4.78 is 5.29. The highest BCUT2D eigenvalue weighted by Crippen LogP contribution is 2.39. The van der Waals surface area contributed by atoms with Crippen molar-refractivity contribution in [2.24, 2.45) is 0 Å². The summed E-state index contributed by atoms with van der Waals surface area (Å²) in [7, 11) is 1.60. The number of nitrogens with zero attached hydrogens (tertiary/aromatic N) is 1. The lowest BCUT2D eigenvalue weighted by molar-refractivity contribution is 0.150. The first-order valence-corrected chi connectivity index (χ1v) is 5.44. The first-order chi connectivity index (χ1) is 7.15. The first-order valence-electron chi connectivity index (χ1n) is 5.06. The third-order valence-electron chi connectivity index (χ3n) is 2.81. The number of aliphatic hydroxyl groups is 1. The standard InChI is InChI=1S/C11H14ClNO2/c1-6-9(12)11(15-2)7-4-3-5-8(14)10(7)13-6/h8,14H,3-5H2,1-2H3. The van der Waals surface area contributed by atoms with Crippen LogP contribution in [0.1, 0.15) is 35.9 Å². The Morgan fingerprint density at radius 1 is 1.53 bits per heavy atom. The van der Waals surface area contributed by atoms with Gasteiger partial charge in [-0.05, 0) is 26.2 Å². The fraction of sp³-hybridized carbons (Fsp3) is 0.545. The fourth-order valence-electron chi connectivity index (χ4n) is 2.05. The van der Waals surface area contributed by atoms with E-state index in [1.54, 1.807) is 7.11 Å². The van der Waals surface area contributed by atoms with Crippen LogP contribution in [0.25, 0.3) is 0 Å². The van der Waals surface area contributed by atoms with Gasteiger partial charge in [0.25, 0.3) is 0 Å². The highest BCUT2D eigenvalue weighted by atomic mass is 35.5. The zero-order chi connectivity index (χ0) is 11.0. The largest absolute Gasteiger partial charge is 0.495 e. The van der Waals surface area contributed by atoms with Crippen LogP contribution in [0.4, 0.5) is 0 Å². The predicted octanol–water partition coefficient (Wildman–Crippen LogP) is 2.42. The van der Waals surface area contributed by atoms with Crippen LogP contribution in [-0.2, 0) is 6.42 Å². The third-order valence-corrected chi connectivity index (χ3v) is 3.26. The number of aliphatic hydroxyl groups excluding tert-OH is 1. The van der Waals surface area contributed by atoms with Crippen LogP contribution < -0.4 is 4.74 Å². The molecule has 0 radical (unpaired) electrons. The van der Waals surface area contributed by atoms with Crippen molar-refractivity contribution in [1.29, 1.82) is 0 Å². The summed E-state index contributed by atoms with van der Waals surface area (Å²) in [5.41, 5.74) is 2.42. The number of ether oxygens (including phenoxy) is 1. The van der Waals surface area contributed by atoms with Crippen molar-refractivity contribution >= 4 is 11.6 Å². The van der Waals surface area contributed by atoms with Crippen LogP contribution in [0, 0.1) is 6.92 Å². The van der Waals surface area contributed by atoms with Crippen LogP contribution >= 0.6 is 11.6 Å². The van der Waals surface area contributed by atoms with Gasteiger partial charge in [0.1, 0.15) is 10.8 Å². The zero-order valence-electron chi connectivity index (χ0n) is 8.88. The maximum atomic E-state index is 9.84. The number of fused-ring (bicyclic) bond motifs is 1. The average Bonchev–Trinajstić information content (AvgIpc) is 2.22. The minimum absolute atomic E-state index is 0.474. The molecule has 0 amide bonds. The SMILES string of the molecule is COc1c(Cl)c(C)nc2c1CCCC2O. The molecule has 0 saturated carbocycles. The van der Waals surface area contributed by atoms with E-state index < -0.39 is 6.10 Å². The number of rotatable bonds is 1. The van der Waals surface area contributed by atoms with Gasteiger partial charge in [0.2, 0.25) is 0 Å². The summed E-state index contributed by atoms with van der Waals surface area (Å²) in [5.74, 6) is 0.679.